The third-order valence-corrected chi connectivity index (χ3v) is 1.35. The second kappa shape index (κ2) is 5.90. The van der Waals surface area contributed by atoms with Gasteiger partial charge in [-0.05, 0) is 18.9 Å². The minimum absolute atomic E-state index is 0.0558. The summed E-state index contributed by atoms with van der Waals surface area (Å²) < 4.78 is 4.43. The SMILES string of the molecule is CCOC(=O)N(CCC(C)=O)[N+](=O)[O-]. The van der Waals surface area contributed by atoms with E-state index >= 15 is 0 Å². The molecule has 80 valence electrons. The lowest BCUT2D eigenvalue weighted by atomic mass is 10.3. The molecule has 14 heavy (non-hydrogen) atoms. The molecule has 7 nitrogen and oxygen atoms in total. The van der Waals surface area contributed by atoms with E-state index in [1.54, 1.807) is 6.92 Å². The fourth-order valence-corrected chi connectivity index (χ4v) is 0.701. The Morgan fingerprint density at radius 2 is 2.07 bits per heavy atom. The van der Waals surface area contributed by atoms with Crippen LogP contribution < -0.4 is 0 Å². The summed E-state index contributed by atoms with van der Waals surface area (Å²) in [5.41, 5.74) is 0. The van der Waals surface area contributed by atoms with Gasteiger partial charge in [0.15, 0.2) is 5.03 Å². The first-order valence-electron chi connectivity index (χ1n) is 4.07. The molecule has 0 radical (unpaired) electrons. The van der Waals surface area contributed by atoms with Crippen LogP contribution in [0.3, 0.4) is 0 Å². The third-order valence-electron chi connectivity index (χ3n) is 1.35. The van der Waals surface area contributed by atoms with Gasteiger partial charge < -0.3 is 4.74 Å². The summed E-state index contributed by atoms with van der Waals surface area (Å²) in [4.78, 5) is 31.8. The Morgan fingerprint density at radius 3 is 2.43 bits per heavy atom. The molecule has 0 spiro atoms. The topological polar surface area (TPSA) is 89.8 Å². The maximum atomic E-state index is 10.9. The number of ketones is 1. The molecule has 1 amide bonds. The molecule has 0 heterocycles. The van der Waals surface area contributed by atoms with Gasteiger partial charge in [-0.1, -0.05) is 0 Å². The fraction of sp³-hybridized carbons (Fsp3) is 0.714. The molecule has 0 aromatic heterocycles. The molecule has 0 atom stereocenters. The molecule has 0 aliphatic heterocycles. The van der Waals surface area contributed by atoms with Crippen molar-refractivity contribution in [2.24, 2.45) is 0 Å². The first-order valence-corrected chi connectivity index (χ1v) is 4.07. The fourth-order valence-electron chi connectivity index (χ4n) is 0.701. The second-order valence-corrected chi connectivity index (χ2v) is 2.51. The number of Topliss-reactive ketones (excluding diaryl/α,β-unsaturated/α-hetero) is 1. The van der Waals surface area contributed by atoms with E-state index in [0.717, 1.165) is 0 Å². The Hall–Kier alpha value is -1.66. The second-order valence-electron chi connectivity index (χ2n) is 2.51. The predicted octanol–water partition coefficient (Wildman–Crippen LogP) is 0.616. The van der Waals surface area contributed by atoms with Crippen molar-refractivity contribution in [2.45, 2.75) is 20.3 Å². The zero-order chi connectivity index (χ0) is 11.1. The van der Waals surface area contributed by atoms with E-state index in [-0.39, 0.29) is 30.4 Å². The molecule has 0 aliphatic rings. The molecule has 7 heteroatoms. The van der Waals surface area contributed by atoms with Crippen LogP contribution in [0.4, 0.5) is 4.79 Å². The van der Waals surface area contributed by atoms with Crippen molar-refractivity contribution in [1.82, 2.24) is 5.01 Å². The molecule has 0 fully saturated rings. The van der Waals surface area contributed by atoms with Crippen LogP contribution in [0.5, 0.6) is 0 Å². The van der Waals surface area contributed by atoms with Crippen LogP contribution in [0.25, 0.3) is 0 Å². The lowest BCUT2D eigenvalue weighted by molar-refractivity contribution is -0.635. The maximum absolute atomic E-state index is 10.9. The Bertz CT molecular complexity index is 240. The van der Waals surface area contributed by atoms with Gasteiger partial charge in [0.2, 0.25) is 0 Å². The molecule has 0 aromatic carbocycles. The predicted molar refractivity (Wildman–Crippen MR) is 46.0 cm³/mol. The van der Waals surface area contributed by atoms with Gasteiger partial charge in [-0.25, -0.2) is 14.9 Å². The maximum Gasteiger partial charge on any atom is 0.468 e. The number of hydrazine groups is 1. The van der Waals surface area contributed by atoms with Crippen molar-refractivity contribution in [1.29, 1.82) is 0 Å². The number of hydrogen-bond acceptors (Lipinski definition) is 5. The highest BCUT2D eigenvalue weighted by atomic mass is 16.7. The monoisotopic (exact) mass is 204 g/mol. The van der Waals surface area contributed by atoms with Gasteiger partial charge in [0.05, 0.1) is 13.2 Å². The first-order chi connectivity index (χ1) is 6.49. The summed E-state index contributed by atoms with van der Waals surface area (Å²) >= 11 is 0. The summed E-state index contributed by atoms with van der Waals surface area (Å²) in [6.07, 6.45) is -1.10. The van der Waals surface area contributed by atoms with Crippen molar-refractivity contribution >= 4 is 11.9 Å². The highest BCUT2D eigenvalue weighted by molar-refractivity contribution is 5.76. The number of nitro groups is 1. The Kier molecular flexibility index (Phi) is 5.20. The standard InChI is InChI=1S/C7H12N2O5/c1-3-14-7(11)8(9(12)13)5-4-6(2)10/h3-5H2,1-2H3. The number of amides is 1. The molecule has 0 N–H and O–H groups in total. The van der Waals surface area contributed by atoms with Crippen LogP contribution in [0.1, 0.15) is 20.3 Å². The zero-order valence-corrected chi connectivity index (χ0v) is 8.06. The van der Waals surface area contributed by atoms with Gasteiger partial charge >= 0.3 is 6.09 Å². The third kappa shape index (κ3) is 4.39. The number of carbonyl (C=O) groups excluding carboxylic acids is 2. The molecule has 0 aromatic rings. The van der Waals surface area contributed by atoms with Gasteiger partial charge in [0.1, 0.15) is 5.78 Å². The van der Waals surface area contributed by atoms with E-state index in [9.17, 15) is 19.7 Å². The van der Waals surface area contributed by atoms with E-state index in [4.69, 9.17) is 0 Å². The Balaban J connectivity index is 4.22. The van der Waals surface area contributed by atoms with Gasteiger partial charge in [0, 0.05) is 6.42 Å². The highest BCUT2D eigenvalue weighted by Crippen LogP contribution is 1.97. The summed E-state index contributed by atoms with van der Waals surface area (Å²) in [6.45, 7) is 2.63. The smallest absolute Gasteiger partial charge is 0.446 e. The normalized spacial score (nSPS) is 9.29. The minimum atomic E-state index is -1.04. The molecule has 0 rings (SSSR count). The van der Waals surface area contributed by atoms with Crippen molar-refractivity contribution in [3.63, 3.8) is 0 Å². The van der Waals surface area contributed by atoms with Crippen LogP contribution in [-0.4, -0.2) is 35.1 Å². The van der Waals surface area contributed by atoms with E-state index in [0.29, 0.717) is 0 Å². The Labute approximate surface area is 80.7 Å². The number of nitrogens with zero attached hydrogens (tertiary/aromatic N) is 2. The van der Waals surface area contributed by atoms with Crippen molar-refractivity contribution in [2.75, 3.05) is 13.2 Å². The summed E-state index contributed by atoms with van der Waals surface area (Å²) in [6, 6.07) is 0. The zero-order valence-electron chi connectivity index (χ0n) is 8.06. The number of hydrogen-bond donors (Lipinski definition) is 0. The minimum Gasteiger partial charge on any atom is -0.446 e. The molecule has 0 saturated heterocycles. The van der Waals surface area contributed by atoms with Gasteiger partial charge in [-0.2, -0.15) is 0 Å². The quantitative estimate of drug-likeness (QED) is 0.483. The van der Waals surface area contributed by atoms with Gasteiger partial charge in [-0.15, -0.1) is 0 Å². The largest absolute Gasteiger partial charge is 0.468 e. The van der Waals surface area contributed by atoms with Crippen LogP contribution in [0.15, 0.2) is 0 Å². The highest BCUT2D eigenvalue weighted by Gasteiger charge is 2.25. The number of carbonyl (C=O) groups is 2. The van der Waals surface area contributed by atoms with Crippen LogP contribution in [-0.2, 0) is 9.53 Å². The molecule has 0 saturated carbocycles. The summed E-state index contributed by atoms with van der Waals surface area (Å²) in [5, 5.41) is 9.74. The molecule has 0 bridgehead atoms. The van der Waals surface area contributed by atoms with Crippen molar-refractivity contribution in [3.05, 3.63) is 10.1 Å². The van der Waals surface area contributed by atoms with E-state index in [1.807, 2.05) is 0 Å². The lowest BCUT2D eigenvalue weighted by Crippen LogP contribution is -2.38. The van der Waals surface area contributed by atoms with E-state index in [1.165, 1.54) is 6.92 Å². The summed E-state index contributed by atoms with van der Waals surface area (Å²) in [7, 11) is 0. The van der Waals surface area contributed by atoms with Crippen LogP contribution in [0, 0.1) is 10.1 Å². The average molecular weight is 204 g/mol. The van der Waals surface area contributed by atoms with Crippen molar-refractivity contribution in [3.8, 4) is 0 Å². The van der Waals surface area contributed by atoms with Gasteiger partial charge in [0.25, 0.3) is 0 Å². The average Bonchev–Trinajstić information content (AvgIpc) is 2.03. The van der Waals surface area contributed by atoms with Crippen LogP contribution >= 0.6 is 0 Å². The van der Waals surface area contributed by atoms with Gasteiger partial charge in [-0.3, -0.25) is 4.79 Å². The lowest BCUT2D eigenvalue weighted by Gasteiger charge is -2.10. The first kappa shape index (κ1) is 12.3. The molecule has 0 unspecified atom stereocenters. The van der Waals surface area contributed by atoms with Crippen LogP contribution in [0.2, 0.25) is 0 Å². The molecular weight excluding hydrogens is 192 g/mol. The molecule has 0 aliphatic carbocycles. The van der Waals surface area contributed by atoms with E-state index < -0.39 is 11.1 Å². The Morgan fingerprint density at radius 1 is 1.50 bits per heavy atom. The number of rotatable bonds is 5. The van der Waals surface area contributed by atoms with E-state index in [2.05, 4.69) is 4.74 Å². The molecular formula is C7H12N2O5. The number of ether oxygens (including phenoxy) is 1. The van der Waals surface area contributed by atoms with Crippen molar-refractivity contribution < 1.29 is 19.4 Å². The summed E-state index contributed by atoms with van der Waals surface area (Å²) in [5.74, 6) is -0.221.